The van der Waals surface area contributed by atoms with E-state index in [4.69, 9.17) is 14.2 Å². The summed E-state index contributed by atoms with van der Waals surface area (Å²) in [5.41, 5.74) is 3.06. The summed E-state index contributed by atoms with van der Waals surface area (Å²) in [6.45, 7) is 3.47. The maximum Gasteiger partial charge on any atom is 0.184 e. The molecule has 0 amide bonds. The number of aryl methyl sites for hydroxylation is 1. The number of benzene rings is 2. The van der Waals surface area contributed by atoms with Crippen molar-refractivity contribution < 1.29 is 18.6 Å². The van der Waals surface area contributed by atoms with Crippen LogP contribution in [-0.2, 0) is 20.8 Å². The van der Waals surface area contributed by atoms with Crippen molar-refractivity contribution in [3.8, 4) is 0 Å². The van der Waals surface area contributed by atoms with E-state index in [1.807, 2.05) is 12.1 Å². The molecule has 0 spiro atoms. The molecule has 1 aliphatic rings. The molecule has 0 aliphatic carbocycles. The lowest BCUT2D eigenvalue weighted by Crippen LogP contribution is -2.33. The first-order chi connectivity index (χ1) is 10.7. The highest BCUT2D eigenvalue weighted by atomic mass is 19.1. The number of ether oxygens (including phenoxy) is 3. The highest BCUT2D eigenvalue weighted by Crippen LogP contribution is 2.24. The first-order valence-electron chi connectivity index (χ1n) is 7.37. The molecule has 22 heavy (non-hydrogen) atoms. The summed E-state index contributed by atoms with van der Waals surface area (Å²) in [6, 6.07) is 14.4. The SMILES string of the molecule is Cc1ccccc1COC1COC(c2cccc(F)c2)OC1. The van der Waals surface area contributed by atoms with E-state index in [0.717, 1.165) is 5.56 Å². The van der Waals surface area contributed by atoms with Gasteiger partial charge in [-0.3, -0.25) is 0 Å². The van der Waals surface area contributed by atoms with Crippen LogP contribution in [0.5, 0.6) is 0 Å². The lowest BCUT2D eigenvalue weighted by molar-refractivity contribution is -0.232. The summed E-state index contributed by atoms with van der Waals surface area (Å²) in [4.78, 5) is 0. The molecule has 0 bridgehead atoms. The van der Waals surface area contributed by atoms with Gasteiger partial charge in [0.2, 0.25) is 0 Å². The molecular weight excluding hydrogens is 283 g/mol. The van der Waals surface area contributed by atoms with E-state index < -0.39 is 6.29 Å². The fourth-order valence-electron chi connectivity index (χ4n) is 2.41. The van der Waals surface area contributed by atoms with Gasteiger partial charge in [-0.2, -0.15) is 0 Å². The summed E-state index contributed by atoms with van der Waals surface area (Å²) >= 11 is 0. The Hall–Kier alpha value is -1.75. The minimum absolute atomic E-state index is 0.107. The van der Waals surface area contributed by atoms with Crippen LogP contribution in [0.3, 0.4) is 0 Å². The van der Waals surface area contributed by atoms with Crippen molar-refractivity contribution in [1.29, 1.82) is 0 Å². The van der Waals surface area contributed by atoms with Crippen LogP contribution in [0, 0.1) is 12.7 Å². The quantitative estimate of drug-likeness (QED) is 0.860. The largest absolute Gasteiger partial charge is 0.369 e. The van der Waals surface area contributed by atoms with Crippen molar-refractivity contribution in [3.05, 3.63) is 71.0 Å². The molecule has 3 rings (SSSR count). The molecule has 1 saturated heterocycles. The molecule has 1 aliphatic heterocycles. The second kappa shape index (κ2) is 7.01. The van der Waals surface area contributed by atoms with Gasteiger partial charge in [0.1, 0.15) is 11.9 Å². The zero-order chi connectivity index (χ0) is 15.4. The number of halogens is 1. The van der Waals surface area contributed by atoms with Gasteiger partial charge < -0.3 is 14.2 Å². The van der Waals surface area contributed by atoms with Gasteiger partial charge >= 0.3 is 0 Å². The molecule has 1 fully saturated rings. The van der Waals surface area contributed by atoms with Gasteiger partial charge in [0.15, 0.2) is 6.29 Å². The zero-order valence-electron chi connectivity index (χ0n) is 12.5. The summed E-state index contributed by atoms with van der Waals surface area (Å²) in [6.07, 6.45) is -0.626. The summed E-state index contributed by atoms with van der Waals surface area (Å²) in [5, 5.41) is 0. The Balaban J connectivity index is 1.51. The van der Waals surface area contributed by atoms with Crippen LogP contribution in [0.1, 0.15) is 23.0 Å². The van der Waals surface area contributed by atoms with E-state index in [-0.39, 0.29) is 11.9 Å². The standard InChI is InChI=1S/C18H19FO3/c1-13-5-2-3-6-15(13)10-20-17-11-21-18(22-12-17)14-7-4-8-16(19)9-14/h2-9,17-18H,10-12H2,1H3. The third kappa shape index (κ3) is 3.71. The lowest BCUT2D eigenvalue weighted by Gasteiger charge is -2.29. The Morgan fingerprint density at radius 1 is 1.09 bits per heavy atom. The minimum atomic E-state index is -0.519. The smallest absolute Gasteiger partial charge is 0.184 e. The maximum atomic E-state index is 13.2. The van der Waals surface area contributed by atoms with E-state index in [1.54, 1.807) is 12.1 Å². The molecule has 116 valence electrons. The molecule has 0 atom stereocenters. The highest BCUT2D eigenvalue weighted by molar-refractivity contribution is 5.24. The average molecular weight is 302 g/mol. The lowest BCUT2D eigenvalue weighted by atomic mass is 10.1. The first kappa shape index (κ1) is 15.2. The van der Waals surface area contributed by atoms with Crippen LogP contribution in [-0.4, -0.2) is 19.3 Å². The molecule has 0 saturated carbocycles. The number of hydrogen-bond acceptors (Lipinski definition) is 3. The average Bonchev–Trinajstić information content (AvgIpc) is 2.55. The molecule has 0 aromatic heterocycles. The molecule has 3 nitrogen and oxygen atoms in total. The monoisotopic (exact) mass is 302 g/mol. The van der Waals surface area contributed by atoms with E-state index in [9.17, 15) is 4.39 Å². The van der Waals surface area contributed by atoms with Gasteiger partial charge in [-0.25, -0.2) is 4.39 Å². The Morgan fingerprint density at radius 2 is 1.86 bits per heavy atom. The van der Waals surface area contributed by atoms with E-state index in [2.05, 4.69) is 19.1 Å². The van der Waals surface area contributed by atoms with Gasteiger partial charge in [-0.15, -0.1) is 0 Å². The summed E-state index contributed by atoms with van der Waals surface area (Å²) < 4.78 is 30.3. The maximum absolute atomic E-state index is 13.2. The van der Waals surface area contributed by atoms with E-state index in [1.165, 1.54) is 17.7 Å². The third-order valence-corrected chi connectivity index (χ3v) is 3.72. The van der Waals surface area contributed by atoms with Crippen molar-refractivity contribution in [3.63, 3.8) is 0 Å². The molecular formula is C18H19FO3. The minimum Gasteiger partial charge on any atom is -0.369 e. The molecule has 0 unspecified atom stereocenters. The van der Waals surface area contributed by atoms with Crippen molar-refractivity contribution >= 4 is 0 Å². The van der Waals surface area contributed by atoms with Gasteiger partial charge in [0, 0.05) is 5.56 Å². The number of rotatable bonds is 4. The Kier molecular flexibility index (Phi) is 4.83. The van der Waals surface area contributed by atoms with Gasteiger partial charge in [0.25, 0.3) is 0 Å². The van der Waals surface area contributed by atoms with Crippen molar-refractivity contribution in [2.45, 2.75) is 25.9 Å². The van der Waals surface area contributed by atoms with Crippen LogP contribution in [0.15, 0.2) is 48.5 Å². The molecule has 0 radical (unpaired) electrons. The van der Waals surface area contributed by atoms with Gasteiger partial charge in [0.05, 0.1) is 19.8 Å². The second-order valence-corrected chi connectivity index (χ2v) is 5.41. The van der Waals surface area contributed by atoms with Crippen molar-refractivity contribution in [1.82, 2.24) is 0 Å². The molecule has 4 heteroatoms. The summed E-state index contributed by atoms with van der Waals surface area (Å²) in [5.74, 6) is -0.289. The van der Waals surface area contributed by atoms with Gasteiger partial charge in [-0.1, -0.05) is 36.4 Å². The summed E-state index contributed by atoms with van der Waals surface area (Å²) in [7, 11) is 0. The number of hydrogen-bond donors (Lipinski definition) is 0. The van der Waals surface area contributed by atoms with E-state index >= 15 is 0 Å². The molecule has 1 heterocycles. The van der Waals surface area contributed by atoms with Crippen LogP contribution in [0.2, 0.25) is 0 Å². The topological polar surface area (TPSA) is 27.7 Å². The Bertz CT molecular complexity index is 621. The van der Waals surface area contributed by atoms with Gasteiger partial charge in [-0.05, 0) is 30.2 Å². The molecule has 2 aromatic carbocycles. The van der Waals surface area contributed by atoms with Crippen LogP contribution in [0.4, 0.5) is 4.39 Å². The van der Waals surface area contributed by atoms with Crippen LogP contribution in [0.25, 0.3) is 0 Å². The Labute approximate surface area is 129 Å². The third-order valence-electron chi connectivity index (χ3n) is 3.72. The zero-order valence-corrected chi connectivity index (χ0v) is 12.5. The highest BCUT2D eigenvalue weighted by Gasteiger charge is 2.24. The first-order valence-corrected chi connectivity index (χ1v) is 7.37. The van der Waals surface area contributed by atoms with Crippen molar-refractivity contribution in [2.24, 2.45) is 0 Å². The fraction of sp³-hybridized carbons (Fsp3) is 0.333. The second-order valence-electron chi connectivity index (χ2n) is 5.41. The van der Waals surface area contributed by atoms with Crippen LogP contribution >= 0.6 is 0 Å². The predicted octanol–water partition coefficient (Wildman–Crippen LogP) is 3.76. The normalized spacial score (nSPS) is 21.7. The predicted molar refractivity (Wildman–Crippen MR) is 80.8 cm³/mol. The van der Waals surface area contributed by atoms with Crippen molar-refractivity contribution in [2.75, 3.05) is 13.2 Å². The fourth-order valence-corrected chi connectivity index (χ4v) is 2.41. The molecule has 2 aromatic rings. The Morgan fingerprint density at radius 3 is 2.59 bits per heavy atom. The molecule has 0 N–H and O–H groups in total. The van der Waals surface area contributed by atoms with Crippen LogP contribution < -0.4 is 0 Å². The van der Waals surface area contributed by atoms with E-state index in [0.29, 0.717) is 25.4 Å².